The predicted molar refractivity (Wildman–Crippen MR) is 89.2 cm³/mol. The summed E-state index contributed by atoms with van der Waals surface area (Å²) in [6.45, 7) is 8.79. The fourth-order valence-electron chi connectivity index (χ4n) is 2.37. The van der Waals surface area contributed by atoms with Gasteiger partial charge in [-0.2, -0.15) is 0 Å². The number of pyridine rings is 1. The molecule has 23 heavy (non-hydrogen) atoms. The van der Waals surface area contributed by atoms with Crippen LogP contribution in [0.3, 0.4) is 0 Å². The van der Waals surface area contributed by atoms with E-state index < -0.39 is 0 Å². The summed E-state index contributed by atoms with van der Waals surface area (Å²) in [5.74, 6) is 0.171. The largest absolute Gasteiger partial charge is 0.471 e. The SMILES string of the molecule is CCN(CC)CCNC(=O)c1cnc(OC2CCOC2)c(Cl)c1. The molecule has 6 nitrogen and oxygen atoms in total. The van der Waals surface area contributed by atoms with Gasteiger partial charge in [0.25, 0.3) is 5.91 Å². The topological polar surface area (TPSA) is 63.7 Å². The van der Waals surface area contributed by atoms with E-state index in [4.69, 9.17) is 21.1 Å². The summed E-state index contributed by atoms with van der Waals surface area (Å²) < 4.78 is 10.9. The lowest BCUT2D eigenvalue weighted by Crippen LogP contribution is -2.34. The Labute approximate surface area is 142 Å². The Bertz CT molecular complexity index is 517. The van der Waals surface area contributed by atoms with E-state index in [-0.39, 0.29) is 12.0 Å². The van der Waals surface area contributed by atoms with Gasteiger partial charge in [0, 0.05) is 25.7 Å². The van der Waals surface area contributed by atoms with Gasteiger partial charge in [-0.05, 0) is 19.2 Å². The third-order valence-electron chi connectivity index (χ3n) is 3.84. The first-order valence-corrected chi connectivity index (χ1v) is 8.42. The molecular formula is C16H24ClN3O3. The van der Waals surface area contributed by atoms with E-state index in [9.17, 15) is 4.79 Å². The van der Waals surface area contributed by atoms with E-state index >= 15 is 0 Å². The summed E-state index contributed by atoms with van der Waals surface area (Å²) in [6.07, 6.45) is 2.30. The van der Waals surface area contributed by atoms with Gasteiger partial charge in [0.05, 0.1) is 18.8 Å². The van der Waals surface area contributed by atoms with Crippen LogP contribution in [0.25, 0.3) is 0 Å². The van der Waals surface area contributed by atoms with Crippen molar-refractivity contribution in [1.82, 2.24) is 15.2 Å². The van der Waals surface area contributed by atoms with Gasteiger partial charge in [-0.25, -0.2) is 4.98 Å². The van der Waals surface area contributed by atoms with Crippen LogP contribution in [0, 0.1) is 0 Å². The standard InChI is InChI=1S/C16H24ClN3O3/c1-3-20(4-2)7-6-18-15(21)12-9-14(17)16(19-10-12)23-13-5-8-22-11-13/h9-10,13H,3-8,11H2,1-2H3,(H,18,21). The van der Waals surface area contributed by atoms with Crippen molar-refractivity contribution in [3.05, 3.63) is 22.8 Å². The van der Waals surface area contributed by atoms with Crippen LogP contribution in [-0.2, 0) is 4.74 Å². The number of nitrogens with zero attached hydrogens (tertiary/aromatic N) is 2. The molecule has 0 saturated carbocycles. The van der Waals surface area contributed by atoms with E-state index in [1.807, 2.05) is 0 Å². The lowest BCUT2D eigenvalue weighted by Gasteiger charge is -2.18. The number of likely N-dealkylation sites (N-methyl/N-ethyl adjacent to an activating group) is 1. The predicted octanol–water partition coefficient (Wildman–Crippen LogP) is 1.97. The molecule has 1 aromatic rings. The lowest BCUT2D eigenvalue weighted by molar-refractivity contribution is 0.0948. The molecule has 2 rings (SSSR count). The molecule has 0 radical (unpaired) electrons. The second-order valence-corrected chi connectivity index (χ2v) is 5.80. The van der Waals surface area contributed by atoms with Gasteiger partial charge in [-0.15, -0.1) is 0 Å². The number of ether oxygens (including phenoxy) is 2. The first-order valence-electron chi connectivity index (χ1n) is 8.04. The van der Waals surface area contributed by atoms with E-state index in [0.717, 1.165) is 26.1 Å². The van der Waals surface area contributed by atoms with Gasteiger partial charge in [-0.1, -0.05) is 25.4 Å². The molecule has 0 bridgehead atoms. The minimum atomic E-state index is -0.178. The summed E-state index contributed by atoms with van der Waals surface area (Å²) in [4.78, 5) is 18.5. The molecule has 0 aromatic carbocycles. The normalized spacial score (nSPS) is 17.5. The van der Waals surface area contributed by atoms with Crippen molar-refractivity contribution in [1.29, 1.82) is 0 Å². The second kappa shape index (κ2) is 9.05. The van der Waals surface area contributed by atoms with Gasteiger partial charge in [-0.3, -0.25) is 4.79 Å². The minimum Gasteiger partial charge on any atom is -0.471 e. The fraction of sp³-hybridized carbons (Fsp3) is 0.625. The van der Waals surface area contributed by atoms with Gasteiger partial charge >= 0.3 is 0 Å². The summed E-state index contributed by atoms with van der Waals surface area (Å²) in [6, 6.07) is 1.59. The van der Waals surface area contributed by atoms with Crippen molar-refractivity contribution in [3.8, 4) is 5.88 Å². The number of carbonyl (C=O) groups excluding carboxylic acids is 1. The Kier molecular flexibility index (Phi) is 7.08. The van der Waals surface area contributed by atoms with Gasteiger partial charge in [0.15, 0.2) is 0 Å². The Hall–Kier alpha value is -1.37. The summed E-state index contributed by atoms with van der Waals surface area (Å²) >= 11 is 6.16. The molecule has 1 unspecified atom stereocenters. The number of carbonyl (C=O) groups is 1. The van der Waals surface area contributed by atoms with Gasteiger partial charge < -0.3 is 19.7 Å². The first-order chi connectivity index (χ1) is 11.1. The van der Waals surface area contributed by atoms with Crippen LogP contribution in [-0.4, -0.2) is 61.3 Å². The van der Waals surface area contributed by atoms with Crippen LogP contribution >= 0.6 is 11.6 Å². The first kappa shape index (κ1) is 18.0. The highest BCUT2D eigenvalue weighted by Crippen LogP contribution is 2.25. The third-order valence-corrected chi connectivity index (χ3v) is 4.11. The van der Waals surface area contributed by atoms with Gasteiger partial charge in [0.1, 0.15) is 11.1 Å². The zero-order chi connectivity index (χ0) is 16.7. The average molecular weight is 342 g/mol. The smallest absolute Gasteiger partial charge is 0.252 e. The molecule has 1 aromatic heterocycles. The van der Waals surface area contributed by atoms with Crippen LogP contribution in [0.2, 0.25) is 5.02 Å². The molecule has 1 aliphatic rings. The number of aromatic nitrogens is 1. The molecule has 1 N–H and O–H groups in total. The van der Waals surface area contributed by atoms with E-state index in [2.05, 4.69) is 29.0 Å². The monoisotopic (exact) mass is 341 g/mol. The van der Waals surface area contributed by atoms with Crippen molar-refractivity contribution in [2.24, 2.45) is 0 Å². The number of hydrogen-bond acceptors (Lipinski definition) is 5. The van der Waals surface area contributed by atoms with E-state index in [0.29, 0.717) is 36.2 Å². The van der Waals surface area contributed by atoms with Crippen molar-refractivity contribution >= 4 is 17.5 Å². The summed E-state index contributed by atoms with van der Waals surface area (Å²) in [5, 5.41) is 3.22. The molecular weight excluding hydrogens is 318 g/mol. The highest BCUT2D eigenvalue weighted by molar-refractivity contribution is 6.32. The van der Waals surface area contributed by atoms with Crippen LogP contribution in [0.1, 0.15) is 30.6 Å². The lowest BCUT2D eigenvalue weighted by atomic mass is 10.2. The zero-order valence-electron chi connectivity index (χ0n) is 13.7. The van der Waals surface area contributed by atoms with Crippen LogP contribution in [0.4, 0.5) is 0 Å². The van der Waals surface area contributed by atoms with Crippen molar-refractivity contribution < 1.29 is 14.3 Å². The van der Waals surface area contributed by atoms with E-state index in [1.165, 1.54) is 6.20 Å². The van der Waals surface area contributed by atoms with Crippen LogP contribution in [0.15, 0.2) is 12.3 Å². The highest BCUT2D eigenvalue weighted by atomic mass is 35.5. The molecule has 1 aliphatic heterocycles. The number of halogens is 1. The molecule has 2 heterocycles. The molecule has 1 fully saturated rings. The number of amides is 1. The quantitative estimate of drug-likeness (QED) is 0.783. The van der Waals surface area contributed by atoms with Crippen molar-refractivity contribution in [2.75, 3.05) is 39.4 Å². The molecule has 0 spiro atoms. The Morgan fingerprint density at radius 3 is 2.91 bits per heavy atom. The fourth-order valence-corrected chi connectivity index (χ4v) is 2.58. The number of hydrogen-bond donors (Lipinski definition) is 1. The van der Waals surface area contributed by atoms with Crippen LogP contribution in [0.5, 0.6) is 5.88 Å². The summed E-state index contributed by atoms with van der Waals surface area (Å²) in [7, 11) is 0. The number of rotatable bonds is 8. The maximum absolute atomic E-state index is 12.1. The maximum atomic E-state index is 12.1. The maximum Gasteiger partial charge on any atom is 0.252 e. The Morgan fingerprint density at radius 2 is 2.30 bits per heavy atom. The average Bonchev–Trinajstić information content (AvgIpc) is 3.06. The zero-order valence-corrected chi connectivity index (χ0v) is 14.4. The van der Waals surface area contributed by atoms with E-state index in [1.54, 1.807) is 6.07 Å². The second-order valence-electron chi connectivity index (χ2n) is 5.40. The minimum absolute atomic E-state index is 0.0197. The molecule has 1 amide bonds. The Morgan fingerprint density at radius 1 is 1.52 bits per heavy atom. The number of nitrogens with one attached hydrogen (secondary N) is 1. The third kappa shape index (κ3) is 5.34. The molecule has 0 aliphatic carbocycles. The summed E-state index contributed by atoms with van der Waals surface area (Å²) in [5.41, 5.74) is 0.435. The molecule has 128 valence electrons. The highest BCUT2D eigenvalue weighted by Gasteiger charge is 2.20. The Balaban J connectivity index is 1.87. The van der Waals surface area contributed by atoms with Crippen LogP contribution < -0.4 is 10.1 Å². The molecule has 1 atom stereocenters. The van der Waals surface area contributed by atoms with Crippen molar-refractivity contribution in [3.63, 3.8) is 0 Å². The van der Waals surface area contributed by atoms with Gasteiger partial charge in [0.2, 0.25) is 5.88 Å². The van der Waals surface area contributed by atoms with Crippen molar-refractivity contribution in [2.45, 2.75) is 26.4 Å². The molecule has 1 saturated heterocycles. The molecule has 7 heteroatoms.